The van der Waals surface area contributed by atoms with Crippen molar-refractivity contribution in [2.24, 2.45) is 5.92 Å². The highest BCUT2D eigenvalue weighted by molar-refractivity contribution is 8.00. The van der Waals surface area contributed by atoms with Crippen LogP contribution < -0.4 is 16.0 Å². The van der Waals surface area contributed by atoms with Gasteiger partial charge in [-0.05, 0) is 32.4 Å². The van der Waals surface area contributed by atoms with E-state index in [4.69, 9.17) is 5.73 Å². The zero-order valence-electron chi connectivity index (χ0n) is 16.9. The molecule has 1 aliphatic rings. The SMILES string of the molecule is CC(C)n1c(=O)c(-c2ccc(NSCCC3CC3(F)F)c(F)c2)nc2cnc(N)nc21. The second-order valence-corrected chi connectivity index (χ2v) is 8.66. The first-order chi connectivity index (χ1) is 14.7. The predicted molar refractivity (Wildman–Crippen MR) is 116 cm³/mol. The van der Waals surface area contributed by atoms with Crippen LogP contribution in [0, 0.1) is 11.7 Å². The van der Waals surface area contributed by atoms with E-state index in [2.05, 4.69) is 19.7 Å². The van der Waals surface area contributed by atoms with Gasteiger partial charge in [-0.15, -0.1) is 0 Å². The predicted octanol–water partition coefficient (Wildman–Crippen LogP) is 4.26. The molecule has 1 aliphatic carbocycles. The molecule has 164 valence electrons. The van der Waals surface area contributed by atoms with Crippen LogP contribution in [0.1, 0.15) is 32.7 Å². The molecule has 1 atom stereocenters. The normalized spacial score (nSPS) is 17.3. The van der Waals surface area contributed by atoms with Crippen LogP contribution in [0.25, 0.3) is 22.4 Å². The summed E-state index contributed by atoms with van der Waals surface area (Å²) >= 11 is 1.17. The quantitative estimate of drug-likeness (QED) is 0.410. The number of anilines is 2. The zero-order valence-corrected chi connectivity index (χ0v) is 17.7. The molecule has 3 aromatic rings. The van der Waals surface area contributed by atoms with Crippen LogP contribution in [0.4, 0.5) is 24.8 Å². The van der Waals surface area contributed by atoms with Crippen LogP contribution in [0.15, 0.2) is 29.2 Å². The number of nitrogens with one attached hydrogen (secondary N) is 1. The number of rotatable bonds is 7. The lowest BCUT2D eigenvalue weighted by atomic mass is 10.1. The van der Waals surface area contributed by atoms with Crippen LogP contribution in [-0.2, 0) is 0 Å². The third-order valence-corrected chi connectivity index (χ3v) is 5.92. The van der Waals surface area contributed by atoms with Crippen LogP contribution in [-0.4, -0.2) is 31.2 Å². The first-order valence-corrected chi connectivity index (χ1v) is 10.8. The summed E-state index contributed by atoms with van der Waals surface area (Å²) in [5, 5.41) is 0. The van der Waals surface area contributed by atoms with Gasteiger partial charge in [-0.3, -0.25) is 9.36 Å². The maximum atomic E-state index is 14.6. The average molecular weight is 450 g/mol. The van der Waals surface area contributed by atoms with E-state index in [1.54, 1.807) is 6.07 Å². The van der Waals surface area contributed by atoms with Crippen molar-refractivity contribution in [3.8, 4) is 11.3 Å². The van der Waals surface area contributed by atoms with Gasteiger partial charge in [0.2, 0.25) is 5.95 Å². The van der Waals surface area contributed by atoms with Gasteiger partial charge in [0.15, 0.2) is 5.65 Å². The van der Waals surface area contributed by atoms with Crippen LogP contribution in [0.3, 0.4) is 0 Å². The molecule has 11 heteroatoms. The number of nitrogens with zero attached hydrogens (tertiary/aromatic N) is 4. The molecule has 0 saturated heterocycles. The van der Waals surface area contributed by atoms with Gasteiger partial charge in [-0.25, -0.2) is 23.1 Å². The van der Waals surface area contributed by atoms with Gasteiger partial charge >= 0.3 is 0 Å². The van der Waals surface area contributed by atoms with Crippen molar-refractivity contribution in [3.63, 3.8) is 0 Å². The van der Waals surface area contributed by atoms with Gasteiger partial charge in [0, 0.05) is 29.7 Å². The van der Waals surface area contributed by atoms with Crippen molar-refractivity contribution in [2.75, 3.05) is 16.2 Å². The highest BCUT2D eigenvalue weighted by atomic mass is 32.2. The molecule has 7 nitrogen and oxygen atoms in total. The van der Waals surface area contributed by atoms with Crippen molar-refractivity contribution in [2.45, 2.75) is 38.7 Å². The van der Waals surface area contributed by atoms with E-state index in [1.807, 2.05) is 13.8 Å². The Morgan fingerprint density at radius 3 is 2.74 bits per heavy atom. The lowest BCUT2D eigenvalue weighted by Gasteiger charge is -2.15. The number of fused-ring (bicyclic) bond motifs is 1. The molecule has 1 unspecified atom stereocenters. The molecule has 4 rings (SSSR count). The summed E-state index contributed by atoms with van der Waals surface area (Å²) in [5.41, 5.74) is 6.50. The molecule has 0 amide bonds. The largest absolute Gasteiger partial charge is 0.368 e. The Bertz CT molecular complexity index is 1200. The van der Waals surface area contributed by atoms with E-state index >= 15 is 0 Å². The second kappa shape index (κ2) is 8.03. The average Bonchev–Trinajstić information content (AvgIpc) is 3.31. The molecule has 0 radical (unpaired) electrons. The summed E-state index contributed by atoms with van der Waals surface area (Å²) in [5.74, 6) is -3.22. The Labute approximate surface area is 180 Å². The molecule has 0 aliphatic heterocycles. The molecular formula is C20H21F3N6OS. The Morgan fingerprint density at radius 2 is 2.10 bits per heavy atom. The summed E-state index contributed by atoms with van der Waals surface area (Å²) in [6.07, 6.45) is 1.72. The van der Waals surface area contributed by atoms with Crippen molar-refractivity contribution in [1.82, 2.24) is 19.5 Å². The molecule has 31 heavy (non-hydrogen) atoms. The number of nitrogen functional groups attached to an aromatic ring is 1. The third-order valence-electron chi connectivity index (χ3n) is 5.12. The van der Waals surface area contributed by atoms with E-state index in [0.717, 1.165) is 0 Å². The number of hydrogen-bond donors (Lipinski definition) is 2. The smallest absolute Gasteiger partial charge is 0.278 e. The Balaban J connectivity index is 1.58. The minimum Gasteiger partial charge on any atom is -0.368 e. The number of hydrogen-bond acceptors (Lipinski definition) is 7. The van der Waals surface area contributed by atoms with Crippen LogP contribution in [0.5, 0.6) is 0 Å². The molecular weight excluding hydrogens is 429 g/mol. The van der Waals surface area contributed by atoms with Gasteiger partial charge in [0.1, 0.15) is 17.0 Å². The minimum absolute atomic E-state index is 0.0280. The molecule has 0 spiro atoms. The molecule has 3 N–H and O–H groups in total. The fourth-order valence-electron chi connectivity index (χ4n) is 3.34. The summed E-state index contributed by atoms with van der Waals surface area (Å²) < 4.78 is 44.7. The number of nitrogens with two attached hydrogens (primary N) is 1. The van der Waals surface area contributed by atoms with E-state index in [-0.39, 0.29) is 29.8 Å². The lowest BCUT2D eigenvalue weighted by molar-refractivity contribution is 0.0983. The van der Waals surface area contributed by atoms with E-state index in [9.17, 15) is 18.0 Å². The van der Waals surface area contributed by atoms with Gasteiger partial charge in [0.05, 0.1) is 11.9 Å². The molecule has 0 bridgehead atoms. The van der Waals surface area contributed by atoms with Crippen molar-refractivity contribution in [1.29, 1.82) is 0 Å². The van der Waals surface area contributed by atoms with Gasteiger partial charge < -0.3 is 10.5 Å². The topological polar surface area (TPSA) is 98.7 Å². The Hall–Kier alpha value is -2.82. The fraction of sp³-hybridized carbons (Fsp3) is 0.400. The Kier molecular flexibility index (Phi) is 5.54. The Morgan fingerprint density at radius 1 is 1.35 bits per heavy atom. The second-order valence-electron chi connectivity index (χ2n) is 7.76. The standard InChI is InChI=1S/C20H21F3N6OS/c1-10(2)29-17-15(9-25-19(24)27-17)26-16(18(29)30)11-3-4-14(13(21)7-11)28-31-6-5-12-8-20(12,22)23/h3-4,7,9-10,12,28H,5-6,8H2,1-2H3,(H2,24,25,27). The van der Waals surface area contributed by atoms with E-state index < -0.39 is 23.2 Å². The summed E-state index contributed by atoms with van der Waals surface area (Å²) in [6, 6.07) is 4.07. The molecule has 1 saturated carbocycles. The number of aromatic nitrogens is 4. The zero-order chi connectivity index (χ0) is 22.3. The summed E-state index contributed by atoms with van der Waals surface area (Å²) in [4.78, 5) is 25.5. The van der Waals surface area contributed by atoms with Gasteiger partial charge in [-0.2, -0.15) is 4.98 Å². The summed E-state index contributed by atoms with van der Waals surface area (Å²) in [7, 11) is 0. The number of alkyl halides is 2. The number of benzene rings is 1. The highest BCUT2D eigenvalue weighted by Crippen LogP contribution is 2.50. The van der Waals surface area contributed by atoms with Gasteiger partial charge in [0.25, 0.3) is 11.5 Å². The fourth-order valence-corrected chi connectivity index (χ4v) is 4.16. The third kappa shape index (κ3) is 4.32. The van der Waals surface area contributed by atoms with E-state index in [1.165, 1.54) is 34.8 Å². The number of halogens is 3. The van der Waals surface area contributed by atoms with Crippen molar-refractivity contribution >= 4 is 34.7 Å². The van der Waals surface area contributed by atoms with Gasteiger partial charge in [-0.1, -0.05) is 18.0 Å². The maximum absolute atomic E-state index is 14.6. The van der Waals surface area contributed by atoms with Crippen molar-refractivity contribution < 1.29 is 13.2 Å². The molecule has 2 heterocycles. The monoisotopic (exact) mass is 450 g/mol. The maximum Gasteiger partial charge on any atom is 0.278 e. The van der Waals surface area contributed by atoms with Crippen molar-refractivity contribution in [3.05, 3.63) is 40.6 Å². The lowest BCUT2D eigenvalue weighted by Crippen LogP contribution is -2.26. The van der Waals surface area contributed by atoms with Crippen LogP contribution in [0.2, 0.25) is 0 Å². The first-order valence-electron chi connectivity index (χ1n) is 9.77. The van der Waals surface area contributed by atoms with E-state index in [0.29, 0.717) is 28.9 Å². The van der Waals surface area contributed by atoms with Crippen LogP contribution >= 0.6 is 11.9 Å². The minimum atomic E-state index is -2.54. The molecule has 1 fully saturated rings. The first kappa shape index (κ1) is 21.4. The molecule has 1 aromatic carbocycles. The molecule has 2 aromatic heterocycles. The highest BCUT2D eigenvalue weighted by Gasteiger charge is 2.55. The summed E-state index contributed by atoms with van der Waals surface area (Å²) in [6.45, 7) is 3.65.